The largest absolute Gasteiger partial charge is 0.743 e. The Labute approximate surface area is 183 Å². The molecular formula is C16H8F11IO3S. The lowest BCUT2D eigenvalue weighted by Gasteiger charge is -2.34. The van der Waals surface area contributed by atoms with Crippen molar-refractivity contribution in [2.45, 2.75) is 23.3 Å². The van der Waals surface area contributed by atoms with E-state index in [9.17, 15) is 61.3 Å². The second kappa shape index (κ2) is 9.66. The molecule has 0 radical (unpaired) electrons. The van der Waals surface area contributed by atoms with Crippen molar-refractivity contribution in [1.82, 2.24) is 0 Å². The molecule has 0 spiro atoms. The monoisotopic (exact) mass is 616 g/mol. The highest BCUT2D eigenvalue weighted by atomic mass is 127. The predicted octanol–water partition coefficient (Wildman–Crippen LogP) is 2.05. The summed E-state index contributed by atoms with van der Waals surface area (Å²) in [4.78, 5) is 0. The summed E-state index contributed by atoms with van der Waals surface area (Å²) in [5, 5.41) is -7.11. The predicted molar refractivity (Wildman–Crippen MR) is 80.8 cm³/mol. The molecule has 32 heavy (non-hydrogen) atoms. The molecule has 0 atom stereocenters. The summed E-state index contributed by atoms with van der Waals surface area (Å²) < 4.78 is 163. The van der Waals surface area contributed by atoms with Crippen molar-refractivity contribution in [2.75, 3.05) is 0 Å². The van der Waals surface area contributed by atoms with Crippen LogP contribution in [0, 0.1) is 18.8 Å². The van der Waals surface area contributed by atoms with Crippen molar-refractivity contribution in [3.63, 3.8) is 0 Å². The van der Waals surface area contributed by atoms with Crippen molar-refractivity contribution in [3.05, 3.63) is 67.3 Å². The van der Waals surface area contributed by atoms with E-state index in [1.165, 1.54) is 24.3 Å². The average molecular weight is 616 g/mol. The lowest BCUT2D eigenvalue weighted by atomic mass is 10.1. The van der Waals surface area contributed by atoms with Crippen molar-refractivity contribution < 1.29 is 82.5 Å². The van der Waals surface area contributed by atoms with E-state index >= 15 is 0 Å². The first-order valence-corrected chi connectivity index (χ1v) is 11.1. The van der Waals surface area contributed by atoms with Crippen LogP contribution < -0.4 is 21.2 Å². The zero-order valence-electron chi connectivity index (χ0n) is 14.8. The van der Waals surface area contributed by atoms with E-state index in [1.54, 1.807) is 24.3 Å². The van der Waals surface area contributed by atoms with E-state index in [1.807, 2.05) is 0 Å². The third kappa shape index (κ3) is 6.21. The Balaban J connectivity index is 0.000000321. The zero-order chi connectivity index (χ0) is 25.2. The molecular weight excluding hydrogens is 608 g/mol. The van der Waals surface area contributed by atoms with Crippen LogP contribution in [-0.4, -0.2) is 36.2 Å². The highest BCUT2D eigenvalue weighted by Gasteiger charge is 2.83. The molecule has 0 heterocycles. The minimum Gasteiger partial charge on any atom is -0.743 e. The standard InChI is InChI=1S/C12H8F2I.C4HF9O3S/c13-9-1-5-11(6-2-9)15-12-7-3-10(14)4-8-12;5-1(6,3(9,10)11)2(7,8)4(12,13)17(14,15)16/h1-8H;(H,14,15,16)/q+1;/p-1. The van der Waals surface area contributed by atoms with Crippen molar-refractivity contribution in [1.29, 1.82) is 0 Å². The SMILES string of the molecule is Fc1ccc([I+]c2ccc(F)cc2)cc1.O=S(=O)([O-])C(F)(F)C(F)(F)C(F)(F)C(F)(F)F. The molecule has 0 aromatic heterocycles. The molecule has 0 aliphatic carbocycles. The lowest BCUT2D eigenvalue weighted by Crippen LogP contribution is -3.61. The van der Waals surface area contributed by atoms with Crippen LogP contribution in [0.3, 0.4) is 0 Å². The highest BCUT2D eigenvalue weighted by molar-refractivity contribution is 7.86. The fourth-order valence-electron chi connectivity index (χ4n) is 1.63. The molecule has 0 saturated heterocycles. The molecule has 0 N–H and O–H groups in total. The van der Waals surface area contributed by atoms with Crippen molar-refractivity contribution in [3.8, 4) is 0 Å². The van der Waals surface area contributed by atoms with Gasteiger partial charge >= 0.3 is 44.5 Å². The quantitative estimate of drug-likeness (QED) is 0.294. The Hall–Kier alpha value is -1.69. The maximum absolute atomic E-state index is 12.6. The van der Waals surface area contributed by atoms with Gasteiger partial charge < -0.3 is 4.55 Å². The minimum absolute atomic E-state index is 0.220. The summed E-state index contributed by atoms with van der Waals surface area (Å²) in [6.07, 6.45) is -7.16. The summed E-state index contributed by atoms with van der Waals surface area (Å²) in [7, 11) is -7.42. The average Bonchev–Trinajstić information content (AvgIpc) is 2.64. The Morgan fingerprint density at radius 1 is 0.625 bits per heavy atom. The minimum atomic E-state index is -7.43. The molecule has 0 bridgehead atoms. The van der Waals surface area contributed by atoms with Gasteiger partial charge in [0.05, 0.1) is 0 Å². The van der Waals surface area contributed by atoms with Crippen LogP contribution in [0.25, 0.3) is 0 Å². The third-order valence-corrected chi connectivity index (χ3v) is 6.82. The van der Waals surface area contributed by atoms with Gasteiger partial charge in [-0.2, -0.15) is 39.5 Å². The normalized spacial score (nSPS) is 13.4. The first kappa shape index (κ1) is 28.3. The Morgan fingerprint density at radius 2 is 0.938 bits per heavy atom. The second-order valence-corrected chi connectivity index (χ2v) is 10.0. The van der Waals surface area contributed by atoms with E-state index in [2.05, 4.69) is 0 Å². The topological polar surface area (TPSA) is 57.2 Å². The summed E-state index contributed by atoms with van der Waals surface area (Å²) >= 11 is -0.330. The summed E-state index contributed by atoms with van der Waals surface area (Å²) in [6.45, 7) is 0. The molecule has 0 saturated carbocycles. The van der Waals surface area contributed by atoms with Crippen LogP contribution in [0.4, 0.5) is 48.3 Å². The van der Waals surface area contributed by atoms with Crippen LogP contribution >= 0.6 is 0 Å². The van der Waals surface area contributed by atoms with E-state index in [4.69, 9.17) is 0 Å². The Morgan fingerprint density at radius 3 is 1.19 bits per heavy atom. The number of halogens is 12. The highest BCUT2D eigenvalue weighted by Crippen LogP contribution is 2.54. The molecule has 0 amide bonds. The smallest absolute Gasteiger partial charge is 0.460 e. The summed E-state index contributed by atoms with van der Waals surface area (Å²) in [5.74, 6) is -15.3. The molecule has 2 rings (SSSR count). The van der Waals surface area contributed by atoms with Gasteiger partial charge in [-0.05, 0) is 48.5 Å². The van der Waals surface area contributed by atoms with Gasteiger partial charge in [0.1, 0.15) is 11.6 Å². The van der Waals surface area contributed by atoms with Gasteiger partial charge in [-0.3, -0.25) is 0 Å². The van der Waals surface area contributed by atoms with Gasteiger partial charge in [-0.25, -0.2) is 17.2 Å². The third-order valence-electron chi connectivity index (χ3n) is 3.26. The molecule has 16 heteroatoms. The molecule has 0 aliphatic rings. The molecule has 2 aromatic carbocycles. The lowest BCUT2D eigenvalue weighted by molar-refractivity contribution is -0.597. The summed E-state index contributed by atoms with van der Waals surface area (Å²) in [5.41, 5.74) is 0. The fourth-order valence-corrected chi connectivity index (χ4v) is 4.23. The first-order chi connectivity index (χ1) is 14.2. The van der Waals surface area contributed by atoms with Gasteiger partial charge in [0.15, 0.2) is 17.3 Å². The van der Waals surface area contributed by atoms with E-state index in [0.29, 0.717) is 0 Å². The molecule has 0 fully saturated rings. The number of rotatable bonds is 5. The van der Waals surface area contributed by atoms with Crippen molar-refractivity contribution >= 4 is 10.1 Å². The second-order valence-electron chi connectivity index (χ2n) is 5.58. The molecule has 3 nitrogen and oxygen atoms in total. The van der Waals surface area contributed by atoms with Gasteiger partial charge in [0, 0.05) is 0 Å². The van der Waals surface area contributed by atoms with Gasteiger partial charge in [-0.15, -0.1) is 0 Å². The van der Waals surface area contributed by atoms with Crippen molar-refractivity contribution in [2.24, 2.45) is 0 Å². The van der Waals surface area contributed by atoms with Crippen LogP contribution in [0.1, 0.15) is 0 Å². The first-order valence-electron chi connectivity index (χ1n) is 7.55. The number of alkyl halides is 9. The van der Waals surface area contributed by atoms with E-state index < -0.39 is 33.4 Å². The van der Waals surface area contributed by atoms with Crippen LogP contribution in [-0.2, 0) is 10.1 Å². The summed E-state index contributed by atoms with van der Waals surface area (Å²) in [6, 6.07) is 13.0. The molecule has 0 aliphatic heterocycles. The maximum atomic E-state index is 12.6. The Bertz CT molecular complexity index is 962. The van der Waals surface area contributed by atoms with Crippen LogP contribution in [0.2, 0.25) is 0 Å². The van der Waals surface area contributed by atoms with E-state index in [0.717, 1.165) is 7.14 Å². The zero-order valence-corrected chi connectivity index (χ0v) is 17.8. The van der Waals surface area contributed by atoms with E-state index in [-0.39, 0.29) is 32.8 Å². The van der Waals surface area contributed by atoms with Crippen LogP contribution in [0.5, 0.6) is 0 Å². The molecule has 2 aromatic rings. The maximum Gasteiger partial charge on any atom is 0.460 e. The number of benzene rings is 2. The van der Waals surface area contributed by atoms with Gasteiger partial charge in [0.2, 0.25) is 0 Å². The Kier molecular flexibility index (Phi) is 8.56. The number of hydrogen-bond donors (Lipinski definition) is 0. The molecule has 0 unspecified atom stereocenters. The fraction of sp³-hybridized carbons (Fsp3) is 0.250. The molecule has 180 valence electrons. The number of hydrogen-bond acceptors (Lipinski definition) is 3. The van der Waals surface area contributed by atoms with Crippen LogP contribution in [0.15, 0.2) is 48.5 Å². The van der Waals surface area contributed by atoms with Gasteiger partial charge in [-0.1, -0.05) is 0 Å². The van der Waals surface area contributed by atoms with Gasteiger partial charge in [0.25, 0.3) is 0 Å².